The molecule has 1 amide bonds. The van der Waals surface area contributed by atoms with Crippen LogP contribution in [-0.2, 0) is 11.2 Å². The lowest BCUT2D eigenvalue weighted by Gasteiger charge is -2.24. The van der Waals surface area contributed by atoms with Gasteiger partial charge in [-0.05, 0) is 52.8 Å². The molecule has 3 nitrogen and oxygen atoms in total. The quantitative estimate of drug-likeness (QED) is 0.600. The summed E-state index contributed by atoms with van der Waals surface area (Å²) < 4.78 is 32.5. The Balaban J connectivity index is 1.73. The maximum atomic E-state index is 13.5. The molecule has 1 aliphatic heterocycles. The number of fused-ring (bicyclic) bond motifs is 1. The van der Waals surface area contributed by atoms with Crippen molar-refractivity contribution in [2.75, 3.05) is 11.9 Å². The fourth-order valence-corrected chi connectivity index (χ4v) is 2.68. The lowest BCUT2D eigenvalue weighted by atomic mass is 9.96. The van der Waals surface area contributed by atoms with Crippen LogP contribution in [-0.4, -0.2) is 12.5 Å². The number of nitrogens with one attached hydrogen (secondary N) is 1. The Labute approximate surface area is 139 Å². The Kier molecular flexibility index (Phi) is 4.28. The molecule has 6 heteroatoms. The number of anilines is 1. The van der Waals surface area contributed by atoms with Crippen molar-refractivity contribution in [3.63, 3.8) is 0 Å². The molecule has 0 saturated heterocycles. The van der Waals surface area contributed by atoms with Crippen molar-refractivity contribution in [3.05, 3.63) is 57.2 Å². The summed E-state index contributed by atoms with van der Waals surface area (Å²) in [6.07, 6.45) is 0.539. The van der Waals surface area contributed by atoms with E-state index in [-0.39, 0.29) is 27.7 Å². The van der Waals surface area contributed by atoms with Crippen LogP contribution in [0.15, 0.2) is 36.4 Å². The van der Waals surface area contributed by atoms with E-state index in [4.69, 9.17) is 4.74 Å². The first-order chi connectivity index (χ1) is 10.5. The van der Waals surface area contributed by atoms with Gasteiger partial charge in [0, 0.05) is 5.69 Å². The van der Waals surface area contributed by atoms with Crippen LogP contribution in [0.1, 0.15) is 5.56 Å². The summed E-state index contributed by atoms with van der Waals surface area (Å²) in [4.78, 5) is 12.2. The molecule has 0 aromatic heterocycles. The van der Waals surface area contributed by atoms with Gasteiger partial charge in [0.05, 0.1) is 9.49 Å². The highest BCUT2D eigenvalue weighted by molar-refractivity contribution is 14.1. The number of carbonyl (C=O) groups excluding carboxylic acids is 1. The molecule has 0 bridgehead atoms. The molecule has 114 valence electrons. The van der Waals surface area contributed by atoms with Crippen molar-refractivity contribution in [1.82, 2.24) is 0 Å². The van der Waals surface area contributed by atoms with E-state index >= 15 is 0 Å². The second-order valence-corrected chi connectivity index (χ2v) is 6.14. The number of hydrogen-bond acceptors (Lipinski definition) is 2. The number of hydrogen-bond donors (Lipinski definition) is 1. The van der Waals surface area contributed by atoms with Crippen molar-refractivity contribution in [2.45, 2.75) is 6.42 Å². The van der Waals surface area contributed by atoms with Crippen molar-refractivity contribution in [3.8, 4) is 5.75 Å². The normalized spacial score (nSPS) is 16.6. The minimum Gasteiger partial charge on any atom is -0.492 e. The predicted octanol–water partition coefficient (Wildman–Crippen LogP) is 3.76. The van der Waals surface area contributed by atoms with Gasteiger partial charge < -0.3 is 10.1 Å². The summed E-state index contributed by atoms with van der Waals surface area (Å²) in [7, 11) is 0. The van der Waals surface area contributed by atoms with Crippen LogP contribution in [0.4, 0.5) is 14.5 Å². The largest absolute Gasteiger partial charge is 0.492 e. The zero-order chi connectivity index (χ0) is 15.7. The maximum absolute atomic E-state index is 13.5. The standard InChI is InChI=1S/C16H12F2INO2/c17-12-6-11(7-13(18)15(12)19)20-16(21)10-5-9-3-1-2-4-14(9)22-8-10/h1-4,6-7,10H,5,8H2,(H,20,21). The lowest BCUT2D eigenvalue weighted by Crippen LogP contribution is -2.32. The Bertz CT molecular complexity index is 713. The third kappa shape index (κ3) is 3.06. The molecule has 1 aliphatic rings. The van der Waals surface area contributed by atoms with E-state index < -0.39 is 11.6 Å². The number of carbonyl (C=O) groups is 1. The van der Waals surface area contributed by atoms with Gasteiger partial charge in [0.25, 0.3) is 0 Å². The summed E-state index contributed by atoms with van der Waals surface area (Å²) in [6, 6.07) is 9.73. The van der Waals surface area contributed by atoms with E-state index in [9.17, 15) is 13.6 Å². The van der Waals surface area contributed by atoms with Gasteiger partial charge in [-0.3, -0.25) is 4.79 Å². The predicted molar refractivity (Wildman–Crippen MR) is 86.8 cm³/mol. The van der Waals surface area contributed by atoms with Gasteiger partial charge in [-0.1, -0.05) is 18.2 Å². The summed E-state index contributed by atoms with van der Waals surface area (Å²) in [5, 5.41) is 2.55. The molecular weight excluding hydrogens is 403 g/mol. The van der Waals surface area contributed by atoms with E-state index in [1.807, 2.05) is 24.3 Å². The van der Waals surface area contributed by atoms with Crippen LogP contribution in [0.2, 0.25) is 0 Å². The number of benzene rings is 2. The molecule has 2 aromatic rings. The first-order valence-electron chi connectivity index (χ1n) is 6.70. The first kappa shape index (κ1) is 15.2. The summed E-state index contributed by atoms with van der Waals surface area (Å²) in [5.74, 6) is -1.31. The molecule has 0 fully saturated rings. The van der Waals surface area contributed by atoms with Crippen molar-refractivity contribution >= 4 is 34.2 Å². The minimum atomic E-state index is -0.693. The van der Waals surface area contributed by atoms with Gasteiger partial charge in [0.2, 0.25) is 5.91 Å². The van der Waals surface area contributed by atoms with E-state index in [1.54, 1.807) is 22.6 Å². The topological polar surface area (TPSA) is 38.3 Å². The number of amides is 1. The smallest absolute Gasteiger partial charge is 0.231 e. The van der Waals surface area contributed by atoms with Crippen molar-refractivity contribution in [2.24, 2.45) is 5.92 Å². The van der Waals surface area contributed by atoms with Gasteiger partial charge in [-0.15, -0.1) is 0 Å². The van der Waals surface area contributed by atoms with E-state index in [2.05, 4.69) is 5.32 Å². The van der Waals surface area contributed by atoms with Gasteiger partial charge in [0.1, 0.15) is 24.0 Å². The number of para-hydroxylation sites is 1. The average Bonchev–Trinajstić information content (AvgIpc) is 2.52. The van der Waals surface area contributed by atoms with Gasteiger partial charge >= 0.3 is 0 Å². The van der Waals surface area contributed by atoms with Crippen LogP contribution in [0, 0.1) is 21.1 Å². The zero-order valence-corrected chi connectivity index (χ0v) is 13.6. The first-order valence-corrected chi connectivity index (χ1v) is 7.78. The highest BCUT2D eigenvalue weighted by atomic mass is 127. The minimum absolute atomic E-state index is 0.0921. The maximum Gasteiger partial charge on any atom is 0.231 e. The lowest BCUT2D eigenvalue weighted by molar-refractivity contribution is -0.121. The number of ether oxygens (including phenoxy) is 1. The highest BCUT2D eigenvalue weighted by Gasteiger charge is 2.26. The highest BCUT2D eigenvalue weighted by Crippen LogP contribution is 2.28. The molecule has 1 heterocycles. The van der Waals surface area contributed by atoms with Crippen LogP contribution in [0.5, 0.6) is 5.75 Å². The molecule has 0 saturated carbocycles. The Morgan fingerprint density at radius 1 is 1.23 bits per heavy atom. The second kappa shape index (κ2) is 6.20. The molecular formula is C16H12F2INO2. The molecule has 1 unspecified atom stereocenters. The SMILES string of the molecule is O=C(Nc1cc(F)c(I)c(F)c1)C1COc2ccccc2C1. The molecule has 0 aliphatic carbocycles. The third-order valence-electron chi connectivity index (χ3n) is 3.50. The molecule has 3 rings (SSSR count). The van der Waals surface area contributed by atoms with E-state index in [1.165, 1.54) is 0 Å². The van der Waals surface area contributed by atoms with Crippen LogP contribution >= 0.6 is 22.6 Å². The van der Waals surface area contributed by atoms with Crippen LogP contribution < -0.4 is 10.1 Å². The van der Waals surface area contributed by atoms with E-state index in [0.29, 0.717) is 6.42 Å². The second-order valence-electron chi connectivity index (χ2n) is 5.06. The number of halogens is 3. The third-order valence-corrected chi connectivity index (χ3v) is 4.53. The van der Waals surface area contributed by atoms with Gasteiger partial charge in [-0.2, -0.15) is 0 Å². The fourth-order valence-electron chi connectivity index (χ4n) is 2.37. The van der Waals surface area contributed by atoms with Gasteiger partial charge in [-0.25, -0.2) is 8.78 Å². The van der Waals surface area contributed by atoms with Gasteiger partial charge in [0.15, 0.2) is 0 Å². The number of rotatable bonds is 2. The summed E-state index contributed by atoms with van der Waals surface area (Å²) in [6.45, 7) is 0.248. The van der Waals surface area contributed by atoms with Crippen molar-refractivity contribution in [1.29, 1.82) is 0 Å². The van der Waals surface area contributed by atoms with Crippen LogP contribution in [0.3, 0.4) is 0 Å². The Morgan fingerprint density at radius 2 is 1.91 bits per heavy atom. The molecule has 0 spiro atoms. The summed E-state index contributed by atoms with van der Waals surface area (Å²) in [5.41, 5.74) is 1.06. The average molecular weight is 415 g/mol. The van der Waals surface area contributed by atoms with E-state index in [0.717, 1.165) is 23.4 Å². The fraction of sp³-hybridized carbons (Fsp3) is 0.188. The van der Waals surface area contributed by atoms with Crippen LogP contribution in [0.25, 0.3) is 0 Å². The zero-order valence-electron chi connectivity index (χ0n) is 11.4. The van der Waals surface area contributed by atoms with Crippen molar-refractivity contribution < 1.29 is 18.3 Å². The monoisotopic (exact) mass is 415 g/mol. The molecule has 22 heavy (non-hydrogen) atoms. The Morgan fingerprint density at radius 3 is 2.64 bits per heavy atom. The molecule has 1 atom stereocenters. The Hall–Kier alpha value is -1.70. The summed E-state index contributed by atoms with van der Waals surface area (Å²) >= 11 is 1.58. The molecule has 0 radical (unpaired) electrons. The molecule has 2 aromatic carbocycles. The molecule has 1 N–H and O–H groups in total.